The molecule has 4 rings (SSSR count). The summed E-state index contributed by atoms with van der Waals surface area (Å²) < 4.78 is 5.28. The van der Waals surface area contributed by atoms with Crippen molar-refractivity contribution in [1.29, 1.82) is 0 Å². The molecule has 3 aromatic carbocycles. The van der Waals surface area contributed by atoms with Gasteiger partial charge in [-0.25, -0.2) is 0 Å². The van der Waals surface area contributed by atoms with Crippen LogP contribution in [0.15, 0.2) is 66.7 Å². The van der Waals surface area contributed by atoms with E-state index in [9.17, 15) is 9.59 Å². The van der Waals surface area contributed by atoms with Gasteiger partial charge in [0, 0.05) is 34.6 Å². The van der Waals surface area contributed by atoms with Gasteiger partial charge in [-0.15, -0.1) is 0 Å². The van der Waals surface area contributed by atoms with Gasteiger partial charge in [0.2, 0.25) is 5.91 Å². The Morgan fingerprint density at radius 3 is 2.49 bits per heavy atom. The number of carbonyl (C=O) groups excluding carboxylic acids is 2. The number of hydrogen-bond acceptors (Lipinski definition) is 3. The Bertz CT molecular complexity index is 1360. The monoisotopic (exact) mass is 489 g/mol. The summed E-state index contributed by atoms with van der Waals surface area (Å²) in [5, 5.41) is 7.17. The van der Waals surface area contributed by atoms with Crippen LogP contribution in [-0.2, 0) is 11.2 Å². The summed E-state index contributed by atoms with van der Waals surface area (Å²) in [6.45, 7) is 3.78. The Hall–Kier alpha value is -3.77. The number of H-pyrrole nitrogens is 1. The number of benzene rings is 3. The Morgan fingerprint density at radius 2 is 1.77 bits per heavy atom. The highest BCUT2D eigenvalue weighted by molar-refractivity contribution is 6.33. The summed E-state index contributed by atoms with van der Waals surface area (Å²) in [7, 11) is 1.64. The number of nitrogens with one attached hydrogen (secondary N) is 3. The molecule has 0 bridgehead atoms. The van der Waals surface area contributed by atoms with E-state index in [2.05, 4.69) is 21.7 Å². The largest absolute Gasteiger partial charge is 0.497 e. The van der Waals surface area contributed by atoms with Gasteiger partial charge in [-0.2, -0.15) is 0 Å². The normalized spacial score (nSPS) is 11.0. The molecule has 0 unspecified atom stereocenters. The van der Waals surface area contributed by atoms with Crippen molar-refractivity contribution >= 4 is 40.0 Å². The van der Waals surface area contributed by atoms with Crippen LogP contribution in [0.1, 0.15) is 36.2 Å². The highest BCUT2D eigenvalue weighted by atomic mass is 35.5. The first-order chi connectivity index (χ1) is 16.9. The molecule has 0 fully saturated rings. The molecule has 7 heteroatoms. The van der Waals surface area contributed by atoms with Crippen LogP contribution in [0, 0.1) is 0 Å². The number of aromatic nitrogens is 1. The zero-order chi connectivity index (χ0) is 24.9. The van der Waals surface area contributed by atoms with Crippen LogP contribution in [0.5, 0.6) is 5.75 Å². The van der Waals surface area contributed by atoms with Crippen LogP contribution in [0.3, 0.4) is 0 Å². The van der Waals surface area contributed by atoms with Crippen LogP contribution in [0.4, 0.5) is 5.69 Å². The molecule has 3 N–H and O–H groups in total. The third-order valence-electron chi connectivity index (χ3n) is 5.72. The van der Waals surface area contributed by atoms with E-state index in [0.29, 0.717) is 22.7 Å². The van der Waals surface area contributed by atoms with E-state index in [0.717, 1.165) is 33.5 Å². The van der Waals surface area contributed by atoms with E-state index in [1.54, 1.807) is 25.3 Å². The molecule has 4 aromatic rings. The lowest BCUT2D eigenvalue weighted by molar-refractivity contribution is -0.116. The Morgan fingerprint density at radius 1 is 1.03 bits per heavy atom. The van der Waals surface area contributed by atoms with E-state index in [1.165, 1.54) is 0 Å². The van der Waals surface area contributed by atoms with Crippen molar-refractivity contribution in [2.75, 3.05) is 12.4 Å². The smallest absolute Gasteiger partial charge is 0.251 e. The second-order valence-corrected chi connectivity index (χ2v) is 9.03. The third-order valence-corrected chi connectivity index (χ3v) is 6.05. The quantitative estimate of drug-likeness (QED) is 0.275. The molecule has 1 heterocycles. The molecule has 0 radical (unpaired) electrons. The number of rotatable bonds is 8. The molecular formula is C28H28ClN3O3. The van der Waals surface area contributed by atoms with Crippen LogP contribution < -0.4 is 15.4 Å². The van der Waals surface area contributed by atoms with Crippen LogP contribution >= 0.6 is 11.6 Å². The van der Waals surface area contributed by atoms with Crippen LogP contribution in [0.25, 0.3) is 22.2 Å². The zero-order valence-corrected chi connectivity index (χ0v) is 20.7. The SMILES string of the molecule is COc1ccc(-c2[nH]c3ccccc3c2CCC(=O)Nc2cc(C(=O)NC(C)C)ccc2Cl)cc1. The molecule has 180 valence electrons. The number of para-hydroxylation sites is 1. The molecule has 0 spiro atoms. The number of hydrogen-bond donors (Lipinski definition) is 3. The maximum atomic E-state index is 12.9. The summed E-state index contributed by atoms with van der Waals surface area (Å²) >= 11 is 6.30. The van der Waals surface area contributed by atoms with Gasteiger partial charge in [-0.05, 0) is 79.9 Å². The van der Waals surface area contributed by atoms with Gasteiger partial charge < -0.3 is 20.4 Å². The summed E-state index contributed by atoms with van der Waals surface area (Å²) in [5.41, 5.74) is 4.94. The number of halogens is 1. The first-order valence-electron chi connectivity index (χ1n) is 11.5. The van der Waals surface area contributed by atoms with Crippen LogP contribution in [0.2, 0.25) is 5.02 Å². The number of fused-ring (bicyclic) bond motifs is 1. The lowest BCUT2D eigenvalue weighted by Gasteiger charge is -2.12. The van der Waals surface area contributed by atoms with Crippen molar-refractivity contribution in [2.24, 2.45) is 0 Å². The number of carbonyl (C=O) groups is 2. The summed E-state index contributed by atoms with van der Waals surface area (Å²) in [5.74, 6) is 0.390. The van der Waals surface area contributed by atoms with E-state index in [1.807, 2.05) is 56.3 Å². The molecule has 1 aromatic heterocycles. The maximum Gasteiger partial charge on any atom is 0.251 e. The average Bonchev–Trinajstić information content (AvgIpc) is 3.22. The number of aromatic amines is 1. The average molecular weight is 490 g/mol. The maximum absolute atomic E-state index is 12.9. The highest BCUT2D eigenvalue weighted by Gasteiger charge is 2.16. The molecule has 2 amide bonds. The Balaban J connectivity index is 1.54. The lowest BCUT2D eigenvalue weighted by Crippen LogP contribution is -2.30. The van der Waals surface area contributed by atoms with E-state index in [4.69, 9.17) is 16.3 Å². The van der Waals surface area contributed by atoms with Gasteiger partial charge in [0.15, 0.2) is 0 Å². The molecule has 0 aliphatic heterocycles. The van der Waals surface area contributed by atoms with Crippen molar-refractivity contribution < 1.29 is 14.3 Å². The molecule has 0 saturated carbocycles. The molecule has 0 atom stereocenters. The van der Waals surface area contributed by atoms with Gasteiger partial charge in [0.25, 0.3) is 5.91 Å². The summed E-state index contributed by atoms with van der Waals surface area (Å²) in [4.78, 5) is 28.7. The molecular weight excluding hydrogens is 462 g/mol. The van der Waals surface area contributed by atoms with Gasteiger partial charge >= 0.3 is 0 Å². The minimum absolute atomic E-state index is 0.00675. The Labute approximate surface area is 209 Å². The number of amides is 2. The first kappa shape index (κ1) is 24.4. The molecule has 6 nitrogen and oxygen atoms in total. The second kappa shape index (κ2) is 10.7. The topological polar surface area (TPSA) is 83.2 Å². The first-order valence-corrected chi connectivity index (χ1v) is 11.9. The van der Waals surface area contributed by atoms with Crippen molar-refractivity contribution in [3.63, 3.8) is 0 Å². The number of ether oxygens (including phenoxy) is 1. The summed E-state index contributed by atoms with van der Waals surface area (Å²) in [6, 6.07) is 20.8. The Kier molecular flexibility index (Phi) is 7.42. The van der Waals surface area contributed by atoms with Crippen molar-refractivity contribution in [3.05, 3.63) is 82.9 Å². The fourth-order valence-corrected chi connectivity index (χ4v) is 4.19. The predicted molar refractivity (Wildman–Crippen MR) is 141 cm³/mol. The minimum Gasteiger partial charge on any atom is -0.497 e. The van der Waals surface area contributed by atoms with Gasteiger partial charge in [0.1, 0.15) is 5.75 Å². The number of methoxy groups -OCH3 is 1. The highest BCUT2D eigenvalue weighted by Crippen LogP contribution is 2.32. The van der Waals surface area contributed by atoms with Gasteiger partial charge in [-0.1, -0.05) is 29.8 Å². The fourth-order valence-electron chi connectivity index (χ4n) is 4.02. The zero-order valence-electron chi connectivity index (χ0n) is 19.9. The predicted octanol–water partition coefficient (Wildman–Crippen LogP) is 6.21. The molecule has 35 heavy (non-hydrogen) atoms. The van der Waals surface area contributed by atoms with Crippen LogP contribution in [-0.4, -0.2) is 29.9 Å². The fraction of sp³-hybridized carbons (Fsp3) is 0.214. The van der Waals surface area contributed by atoms with Crippen molar-refractivity contribution in [1.82, 2.24) is 10.3 Å². The van der Waals surface area contributed by atoms with E-state index >= 15 is 0 Å². The summed E-state index contributed by atoms with van der Waals surface area (Å²) in [6.07, 6.45) is 0.784. The number of aryl methyl sites for hydroxylation is 1. The minimum atomic E-state index is -0.213. The third kappa shape index (κ3) is 5.66. The van der Waals surface area contributed by atoms with Gasteiger partial charge in [0.05, 0.1) is 17.8 Å². The molecule has 0 aliphatic carbocycles. The van der Waals surface area contributed by atoms with E-state index in [-0.39, 0.29) is 24.3 Å². The standard InChI is InChI=1S/C28H28ClN3O3/c1-17(2)30-28(34)19-10-14-23(29)25(16-19)31-26(33)15-13-22-21-6-4-5-7-24(21)32-27(22)18-8-11-20(35-3)12-9-18/h4-12,14,16-17,32H,13,15H2,1-3H3,(H,30,34)(H,31,33). The molecule has 0 aliphatic rings. The number of anilines is 1. The second-order valence-electron chi connectivity index (χ2n) is 8.62. The van der Waals surface area contributed by atoms with Crippen molar-refractivity contribution in [2.45, 2.75) is 32.7 Å². The van der Waals surface area contributed by atoms with Crippen molar-refractivity contribution in [3.8, 4) is 17.0 Å². The molecule has 0 saturated heterocycles. The van der Waals surface area contributed by atoms with E-state index < -0.39 is 0 Å². The lowest BCUT2D eigenvalue weighted by atomic mass is 10.0. The van der Waals surface area contributed by atoms with Gasteiger partial charge in [-0.3, -0.25) is 9.59 Å².